The van der Waals surface area contributed by atoms with Crippen LogP contribution in [-0.4, -0.2) is 122 Å². The van der Waals surface area contributed by atoms with Gasteiger partial charge < -0.3 is 38.5 Å². The maximum Gasteiger partial charge on any atom is 0.349 e. The Morgan fingerprint density at radius 1 is 0.371 bits per heavy atom. The van der Waals surface area contributed by atoms with E-state index in [2.05, 4.69) is 120 Å². The number of hydrogen-bond acceptors (Lipinski definition) is 17. The summed E-state index contributed by atoms with van der Waals surface area (Å²) in [6.07, 6.45) is 16.0. The van der Waals surface area contributed by atoms with Crippen molar-refractivity contribution >= 4 is 23.9 Å². The Morgan fingerprint density at radius 3 is 0.867 bits per heavy atom. The number of nitrogens with zero attached hydrogens (tertiary/aromatic N) is 12. The molecule has 0 heterocycles. The van der Waals surface area contributed by atoms with Crippen LogP contribution in [0.25, 0.3) is 14.5 Å². The van der Waals surface area contributed by atoms with E-state index in [-0.39, 0.29) is 70.4 Å². The molecule has 4 rings (SSSR count). The van der Waals surface area contributed by atoms with Crippen LogP contribution in [0.15, 0.2) is 90.0 Å². The first-order valence-electron chi connectivity index (χ1n) is 38.6. The van der Waals surface area contributed by atoms with Crippen molar-refractivity contribution in [1.29, 1.82) is 26.3 Å². The fourth-order valence-electron chi connectivity index (χ4n) is 14.5. The summed E-state index contributed by atoms with van der Waals surface area (Å²) >= 11 is 0. The molecular weight excluding hydrogens is 1320 g/mol. The van der Waals surface area contributed by atoms with Gasteiger partial charge in [0.05, 0.1) is 42.5 Å². The normalized spacial score (nSPS) is 18.6. The fraction of sp³-hybridized carbons (Fsp3) is 0.671. The van der Waals surface area contributed by atoms with E-state index in [4.69, 9.17) is 38.7 Å². The lowest BCUT2D eigenvalue weighted by molar-refractivity contribution is -0.165. The highest BCUT2D eigenvalue weighted by molar-refractivity contribution is 5.97. The first-order valence-corrected chi connectivity index (χ1v) is 38.6. The molecule has 568 valence electrons. The van der Waals surface area contributed by atoms with E-state index >= 15 is 19.2 Å². The van der Waals surface area contributed by atoms with Gasteiger partial charge in [-0.1, -0.05) is 162 Å². The van der Waals surface area contributed by atoms with Crippen molar-refractivity contribution in [2.45, 2.75) is 265 Å². The first kappa shape index (κ1) is 88.3. The number of unbranched alkanes of at least 4 members (excludes halogenated alkanes) is 8. The van der Waals surface area contributed by atoms with Crippen molar-refractivity contribution in [2.75, 3.05) is 78.8 Å². The van der Waals surface area contributed by atoms with Gasteiger partial charge in [0.15, 0.2) is 5.70 Å². The molecule has 0 saturated heterocycles. The van der Waals surface area contributed by atoms with Crippen molar-refractivity contribution in [3.63, 3.8) is 0 Å². The van der Waals surface area contributed by atoms with Crippen molar-refractivity contribution in [1.82, 2.24) is 19.6 Å². The first-order chi connectivity index (χ1) is 50.0. The summed E-state index contributed by atoms with van der Waals surface area (Å²) in [6, 6.07) is 11.2. The van der Waals surface area contributed by atoms with Gasteiger partial charge in [-0.15, -0.1) is 0 Å². The molecule has 0 fully saturated rings. The number of esters is 4. The Hall–Kier alpha value is -9.08. The quantitative estimate of drug-likeness (QED) is 0.0182. The van der Waals surface area contributed by atoms with Crippen LogP contribution in [0.1, 0.15) is 265 Å². The summed E-state index contributed by atoms with van der Waals surface area (Å²) in [5, 5.41) is 55.8. The Balaban J connectivity index is 2.21. The number of ether oxygens (including phenoxy) is 4. The van der Waals surface area contributed by atoms with Gasteiger partial charge in [-0.2, -0.15) is 26.3 Å². The molecule has 0 amide bonds. The largest absolute Gasteiger partial charge is 0.470 e. The predicted molar refractivity (Wildman–Crippen MR) is 408 cm³/mol. The van der Waals surface area contributed by atoms with Crippen molar-refractivity contribution in [2.24, 2.45) is 27.1 Å². The van der Waals surface area contributed by atoms with Gasteiger partial charge in [0.25, 0.3) is 11.4 Å². The zero-order valence-corrected chi connectivity index (χ0v) is 66.6. The molecule has 0 radical (unpaired) electrons. The summed E-state index contributed by atoms with van der Waals surface area (Å²) in [7, 11) is 0. The molecular formula is C85H120N12O8. The fourth-order valence-corrected chi connectivity index (χ4v) is 14.5. The lowest BCUT2D eigenvalue weighted by atomic mass is 9.72. The van der Waals surface area contributed by atoms with E-state index < -0.39 is 99.9 Å². The summed E-state index contributed by atoms with van der Waals surface area (Å²) in [6.45, 7) is 59.8. The van der Waals surface area contributed by atoms with E-state index in [0.29, 0.717) is 101 Å². The van der Waals surface area contributed by atoms with E-state index in [1.165, 1.54) is 0 Å². The van der Waals surface area contributed by atoms with E-state index in [1.807, 2.05) is 55.4 Å². The molecule has 20 heteroatoms. The molecule has 0 bridgehead atoms. The Morgan fingerprint density at radius 2 is 0.610 bits per heavy atom. The minimum absolute atomic E-state index is 0.117. The van der Waals surface area contributed by atoms with Crippen LogP contribution in [0.5, 0.6) is 0 Å². The topological polar surface area (TPSA) is 250 Å². The van der Waals surface area contributed by atoms with Gasteiger partial charge in [-0.05, 0) is 147 Å². The average molecular weight is 1440 g/mol. The number of nitriles is 5. The Labute approximate surface area is 630 Å². The molecule has 0 aliphatic heterocycles. The van der Waals surface area contributed by atoms with Gasteiger partial charge in [0.1, 0.15) is 67.3 Å². The second kappa shape index (κ2) is 42.2. The highest BCUT2D eigenvalue weighted by atomic mass is 16.6. The molecule has 0 aromatic carbocycles. The van der Waals surface area contributed by atoms with Crippen LogP contribution < -0.4 is 0 Å². The van der Waals surface area contributed by atoms with E-state index in [0.717, 1.165) is 103 Å². The minimum Gasteiger partial charge on any atom is -0.470 e. The molecule has 0 atom stereocenters. The van der Waals surface area contributed by atoms with Gasteiger partial charge in [-0.3, -0.25) is 9.59 Å². The monoisotopic (exact) mass is 1440 g/mol. The third-order valence-corrected chi connectivity index (χ3v) is 20.2. The number of allylic oxidation sites excluding steroid dienone is 11. The maximum absolute atomic E-state index is 15.3. The van der Waals surface area contributed by atoms with Crippen LogP contribution in [0.2, 0.25) is 0 Å². The molecule has 0 unspecified atom stereocenters. The molecule has 4 aliphatic carbocycles. The van der Waals surface area contributed by atoms with Crippen LogP contribution in [0.4, 0.5) is 0 Å². The van der Waals surface area contributed by atoms with Crippen LogP contribution in [0.3, 0.4) is 0 Å². The lowest BCUT2D eigenvalue weighted by Crippen LogP contribution is -2.44. The maximum atomic E-state index is 15.3. The number of carbonyl (C=O) groups is 4. The van der Waals surface area contributed by atoms with Gasteiger partial charge >= 0.3 is 23.9 Å². The Bertz CT molecular complexity index is 3230. The number of carbonyl (C=O) groups excluding carboxylic acids is 4. The number of rotatable bonds is 40. The summed E-state index contributed by atoms with van der Waals surface area (Å²) in [4.78, 5) is 81.6. The molecule has 20 nitrogen and oxygen atoms in total. The molecule has 105 heavy (non-hydrogen) atoms. The van der Waals surface area contributed by atoms with Gasteiger partial charge in [0, 0.05) is 75.1 Å². The lowest BCUT2D eigenvalue weighted by Gasteiger charge is -2.39. The van der Waals surface area contributed by atoms with Crippen molar-refractivity contribution < 1.29 is 38.1 Å². The predicted octanol–water partition coefficient (Wildman–Crippen LogP) is 18.5. The molecule has 0 N–H and O–H groups in total. The zero-order chi connectivity index (χ0) is 78.3. The molecule has 0 aromatic heterocycles. The standard InChI is InChI=1S/C85H120N12O8/c1-20-28-36-94(37-29-21-2)70-48-81(9,10)44-61(65(70)52-86)68(55-89)77(98)102-57-85(58-103-78(99)69(56-90)62-45-82(11,12)49-71(66(62)53-87)95(38-30-22-3)39-31-23-4,59-104-79(100)75(92-18)63-46-83(13,14)50-72(67(63)54-88)96(40-32-24-5)41-33-25-6)60-105-80(101)76(93-19)64-47-84(15,16)51-73(74(64)91-17)97(42-34-26-7)43-35-27-8/h20-51,57-60H2,1-16H3/b68-61+,69-62+,75-63+,76-64-. The highest BCUT2D eigenvalue weighted by Crippen LogP contribution is 2.49. The highest BCUT2D eigenvalue weighted by Gasteiger charge is 2.45. The van der Waals surface area contributed by atoms with Crippen molar-refractivity contribution in [3.8, 4) is 30.3 Å². The van der Waals surface area contributed by atoms with E-state index in [9.17, 15) is 26.3 Å². The molecule has 0 aromatic rings. The van der Waals surface area contributed by atoms with E-state index in [1.54, 1.807) is 0 Å². The molecule has 0 saturated carbocycles. The third-order valence-electron chi connectivity index (χ3n) is 20.2. The second-order valence-corrected chi connectivity index (χ2v) is 32.2. The van der Waals surface area contributed by atoms with Crippen LogP contribution >= 0.6 is 0 Å². The summed E-state index contributed by atoms with van der Waals surface area (Å²) in [5.41, 5.74) is -2.53. The average Bonchev–Trinajstić information content (AvgIpc) is 0.795. The zero-order valence-electron chi connectivity index (χ0n) is 66.6. The summed E-state index contributed by atoms with van der Waals surface area (Å²) < 4.78 is 25.1. The summed E-state index contributed by atoms with van der Waals surface area (Å²) in [5.74, 6) is -4.88. The van der Waals surface area contributed by atoms with Crippen molar-refractivity contribution in [3.05, 3.63) is 124 Å². The number of hydrogen-bond donors (Lipinski definition) is 0. The third kappa shape index (κ3) is 24.5. The van der Waals surface area contributed by atoms with Gasteiger partial charge in [-0.25, -0.2) is 24.1 Å². The van der Waals surface area contributed by atoms with Gasteiger partial charge in [0.2, 0.25) is 0 Å². The van der Waals surface area contributed by atoms with Crippen LogP contribution in [0, 0.1) is 103 Å². The second-order valence-electron chi connectivity index (χ2n) is 32.2. The van der Waals surface area contributed by atoms with Crippen LogP contribution in [-0.2, 0) is 38.1 Å². The smallest absolute Gasteiger partial charge is 0.349 e. The molecule has 0 spiro atoms. The SMILES string of the molecule is [C-]#[N+]C1=C(N(CCCC)CCCC)CC(C)(C)C/C1=C(/[N+]#[C-])C(=O)OCC(COC(=O)/C(C#N)=C1\CC(C)(C)CC(N(CCCC)CCCC)=C1C#N)(COC(=O)/C(C#N)=C1\CC(C)(C)CC(N(CCCC)CCCC)=C1C#N)COC(=O)/C([N+]#[C-])=C1/CC(C)(C)CC(N(CCCC)CCCC)=C1C#N. The minimum atomic E-state index is -2.25. The Kier molecular flexibility index (Phi) is 35.5. The molecule has 4 aliphatic rings.